The van der Waals surface area contributed by atoms with E-state index in [1.54, 1.807) is 6.07 Å². The van der Waals surface area contributed by atoms with Gasteiger partial charge in [0.25, 0.3) is 5.91 Å². The normalized spacial score (nSPS) is 8.70. The fourth-order valence-electron chi connectivity index (χ4n) is 1.82. The fourth-order valence-corrected chi connectivity index (χ4v) is 1.82. The van der Waals surface area contributed by atoms with Crippen molar-refractivity contribution in [2.24, 2.45) is 11.5 Å². The van der Waals surface area contributed by atoms with Gasteiger partial charge in [-0.3, -0.25) is 9.78 Å². The lowest BCUT2D eigenvalue weighted by molar-refractivity contribution is 0.0995. The zero-order chi connectivity index (χ0) is 21.4. The molecule has 0 aromatic carbocycles. The topological polar surface area (TPSA) is 94.9 Å². The molecule has 5 heteroatoms. The number of aryl methyl sites for hydroxylation is 3. The first-order chi connectivity index (χ1) is 12.8. The summed E-state index contributed by atoms with van der Waals surface area (Å²) in [4.78, 5) is 19.0. The molecule has 0 spiro atoms. The third-order valence-corrected chi connectivity index (χ3v) is 3.24. The van der Waals surface area contributed by atoms with Gasteiger partial charge < -0.3 is 11.5 Å². The highest BCUT2D eigenvalue weighted by Crippen LogP contribution is 2.06. The summed E-state index contributed by atoms with van der Waals surface area (Å²) in [5, 5.41) is 0. The lowest BCUT2D eigenvalue weighted by atomic mass is 10.2. The largest absolute Gasteiger partial charge is 0.397 e. The summed E-state index contributed by atoms with van der Waals surface area (Å²) in [6.07, 6.45) is 2.11. The van der Waals surface area contributed by atoms with Gasteiger partial charge in [-0.2, -0.15) is 0 Å². The molecule has 0 unspecified atom stereocenters. The van der Waals surface area contributed by atoms with Crippen molar-refractivity contribution in [1.29, 1.82) is 0 Å². The summed E-state index contributed by atoms with van der Waals surface area (Å²) in [5.41, 5.74) is 15.2. The predicted molar refractivity (Wildman–Crippen MR) is 116 cm³/mol. The number of pyridine rings is 2. The summed E-state index contributed by atoms with van der Waals surface area (Å²) < 4.78 is 0. The van der Waals surface area contributed by atoms with Crippen molar-refractivity contribution in [3.63, 3.8) is 0 Å². The second-order valence-corrected chi connectivity index (χ2v) is 5.25. The minimum atomic E-state index is -0.479. The van der Waals surface area contributed by atoms with Crippen LogP contribution in [0, 0.1) is 13.8 Å². The van der Waals surface area contributed by atoms with Gasteiger partial charge in [-0.15, -0.1) is 0 Å². The molecule has 2 aromatic heterocycles. The van der Waals surface area contributed by atoms with Gasteiger partial charge in [-0.05, 0) is 44.0 Å². The molecule has 2 rings (SSSR count). The van der Waals surface area contributed by atoms with Crippen molar-refractivity contribution < 1.29 is 4.79 Å². The molecule has 0 radical (unpaired) electrons. The molecule has 0 saturated carbocycles. The van der Waals surface area contributed by atoms with Crippen molar-refractivity contribution in [2.75, 3.05) is 0 Å². The Bertz CT molecular complexity index is 696. The summed E-state index contributed by atoms with van der Waals surface area (Å²) in [6.45, 7) is 17.6. The number of amides is 1. The third kappa shape index (κ3) is 10.8. The number of nitrogens with two attached hydrogens (primary N) is 2. The van der Waals surface area contributed by atoms with Crippen LogP contribution in [0.25, 0.3) is 5.70 Å². The van der Waals surface area contributed by atoms with E-state index < -0.39 is 5.91 Å². The monoisotopic (exact) mass is 372 g/mol. The summed E-state index contributed by atoms with van der Waals surface area (Å²) in [7, 11) is 0. The molecule has 0 aliphatic rings. The molecule has 0 fully saturated rings. The molecular formula is C22H36N4O. The van der Waals surface area contributed by atoms with E-state index in [9.17, 15) is 4.79 Å². The number of rotatable bonds is 4. The van der Waals surface area contributed by atoms with Crippen LogP contribution < -0.4 is 11.5 Å². The lowest BCUT2D eigenvalue weighted by Crippen LogP contribution is -2.13. The van der Waals surface area contributed by atoms with Crippen LogP contribution in [0.5, 0.6) is 0 Å². The van der Waals surface area contributed by atoms with E-state index in [2.05, 4.69) is 23.5 Å². The van der Waals surface area contributed by atoms with Crippen molar-refractivity contribution in [1.82, 2.24) is 9.97 Å². The van der Waals surface area contributed by atoms with E-state index in [1.165, 1.54) is 0 Å². The Morgan fingerprint density at radius 1 is 0.963 bits per heavy atom. The third-order valence-electron chi connectivity index (χ3n) is 3.24. The second-order valence-electron chi connectivity index (χ2n) is 5.25. The minimum absolute atomic E-state index is 0.327. The standard InChI is InChI=1S/C10H14N2.C8H10N2O.2C2H6/c1-3-5-9-6-4-7-10(12-9)8(2)11;1-5-3-4-7(8(9)11)10-6(5)2;2*1-2/h4,6-7H,2-3,5,11H2,1H3;3-4H,1-2H3,(H2,9,11);2*1-2H3. The quantitative estimate of drug-likeness (QED) is 0.805. The predicted octanol–water partition coefficient (Wildman–Crippen LogP) is 4.81. The first kappa shape index (κ1) is 26.5. The number of carbonyl (C=O) groups excluding carboxylic acids is 1. The Morgan fingerprint density at radius 3 is 2.00 bits per heavy atom. The zero-order valence-corrected chi connectivity index (χ0v) is 18.0. The molecule has 0 aliphatic carbocycles. The molecule has 2 heterocycles. The van der Waals surface area contributed by atoms with E-state index >= 15 is 0 Å². The molecule has 4 N–H and O–H groups in total. The molecular weight excluding hydrogens is 336 g/mol. The van der Waals surface area contributed by atoms with Crippen molar-refractivity contribution in [3.05, 3.63) is 65.2 Å². The van der Waals surface area contributed by atoms with Gasteiger partial charge in [0.05, 0.1) is 11.4 Å². The SMILES string of the molecule is C=C(N)c1cccc(CCC)n1.CC.CC.Cc1ccc(C(N)=O)nc1C. The Labute approximate surface area is 164 Å². The van der Waals surface area contributed by atoms with Crippen molar-refractivity contribution in [2.45, 2.75) is 61.3 Å². The number of carbonyl (C=O) groups is 1. The van der Waals surface area contributed by atoms with Gasteiger partial charge in [0, 0.05) is 11.4 Å². The number of primary amides is 1. The van der Waals surface area contributed by atoms with Gasteiger partial charge in [0.1, 0.15) is 5.69 Å². The minimum Gasteiger partial charge on any atom is -0.397 e. The number of hydrogen-bond donors (Lipinski definition) is 2. The first-order valence-electron chi connectivity index (χ1n) is 9.49. The van der Waals surface area contributed by atoms with Gasteiger partial charge in [0.15, 0.2) is 0 Å². The van der Waals surface area contributed by atoms with Crippen molar-refractivity contribution >= 4 is 11.6 Å². The Balaban J connectivity index is 0. The highest BCUT2D eigenvalue weighted by atomic mass is 16.1. The number of aromatic nitrogens is 2. The maximum Gasteiger partial charge on any atom is 0.267 e. The van der Waals surface area contributed by atoms with Crippen molar-refractivity contribution in [3.8, 4) is 0 Å². The Morgan fingerprint density at radius 2 is 1.56 bits per heavy atom. The molecule has 0 aliphatic heterocycles. The highest BCUT2D eigenvalue weighted by Gasteiger charge is 2.02. The average molecular weight is 373 g/mol. The summed E-state index contributed by atoms with van der Waals surface area (Å²) >= 11 is 0. The van der Waals surface area contributed by atoms with Crippen LogP contribution in [-0.2, 0) is 6.42 Å². The number of nitrogens with zero attached hydrogens (tertiary/aromatic N) is 2. The van der Waals surface area contributed by atoms with Crippen LogP contribution in [0.2, 0.25) is 0 Å². The molecule has 0 saturated heterocycles. The number of hydrogen-bond acceptors (Lipinski definition) is 4. The second kappa shape index (κ2) is 15.6. The maximum atomic E-state index is 10.6. The fraction of sp³-hybridized carbons (Fsp3) is 0.409. The van der Waals surface area contributed by atoms with Gasteiger partial charge in [-0.1, -0.05) is 59.8 Å². The van der Waals surface area contributed by atoms with Gasteiger partial charge in [0.2, 0.25) is 0 Å². The first-order valence-corrected chi connectivity index (χ1v) is 9.49. The van der Waals surface area contributed by atoms with E-state index in [1.807, 2.05) is 65.8 Å². The molecule has 150 valence electrons. The zero-order valence-electron chi connectivity index (χ0n) is 18.0. The molecule has 0 atom stereocenters. The van der Waals surface area contributed by atoms with Crippen LogP contribution in [-0.4, -0.2) is 15.9 Å². The highest BCUT2D eigenvalue weighted by molar-refractivity contribution is 5.90. The lowest BCUT2D eigenvalue weighted by Gasteiger charge is -2.01. The van der Waals surface area contributed by atoms with Crippen LogP contribution in [0.1, 0.15) is 74.2 Å². The molecule has 2 aromatic rings. The molecule has 1 amide bonds. The smallest absolute Gasteiger partial charge is 0.267 e. The van der Waals surface area contributed by atoms with Crippen LogP contribution in [0.3, 0.4) is 0 Å². The van der Waals surface area contributed by atoms with Crippen LogP contribution in [0.15, 0.2) is 36.9 Å². The van der Waals surface area contributed by atoms with E-state index in [0.29, 0.717) is 11.4 Å². The van der Waals surface area contributed by atoms with Crippen LogP contribution in [0.4, 0.5) is 0 Å². The van der Waals surface area contributed by atoms with Crippen LogP contribution >= 0.6 is 0 Å². The molecule has 27 heavy (non-hydrogen) atoms. The average Bonchev–Trinajstić information content (AvgIpc) is 2.68. The maximum absolute atomic E-state index is 10.6. The van der Waals surface area contributed by atoms with Gasteiger partial charge >= 0.3 is 0 Å². The Kier molecular flexibility index (Phi) is 15.3. The Hall–Kier alpha value is -2.69. The van der Waals surface area contributed by atoms with Gasteiger partial charge in [-0.25, -0.2) is 4.98 Å². The van der Waals surface area contributed by atoms with E-state index in [0.717, 1.165) is 35.5 Å². The van der Waals surface area contributed by atoms with E-state index in [4.69, 9.17) is 11.5 Å². The summed E-state index contributed by atoms with van der Waals surface area (Å²) in [6, 6.07) is 9.32. The molecule has 5 nitrogen and oxygen atoms in total. The molecule has 0 bridgehead atoms. The summed E-state index contributed by atoms with van der Waals surface area (Å²) in [5.74, 6) is -0.479. The van der Waals surface area contributed by atoms with E-state index in [-0.39, 0.29) is 0 Å².